The molecule has 1 aromatic heterocycles. The first-order valence-corrected chi connectivity index (χ1v) is 8.89. The summed E-state index contributed by atoms with van der Waals surface area (Å²) in [5, 5.41) is 0.365. The van der Waals surface area contributed by atoms with Crippen LogP contribution in [0.5, 0.6) is 0 Å². The van der Waals surface area contributed by atoms with Gasteiger partial charge in [-0.25, -0.2) is 17.9 Å². The fourth-order valence-corrected chi connectivity index (χ4v) is 2.57. The number of amides is 2. The Kier molecular flexibility index (Phi) is 4.15. The molecule has 0 saturated carbocycles. The van der Waals surface area contributed by atoms with Crippen molar-refractivity contribution in [2.45, 2.75) is 6.54 Å². The molecular formula is C15H12N2O7S. The number of imide groups is 1. The third-order valence-electron chi connectivity index (χ3n) is 3.30. The molecule has 0 fully saturated rings. The summed E-state index contributed by atoms with van der Waals surface area (Å²) in [6.45, 7) is -0.154. The molecule has 0 saturated heterocycles. The summed E-state index contributed by atoms with van der Waals surface area (Å²) in [5.41, 5.74) is 0.274. The SMILES string of the molecule is CS(=O)(=O)NCc1ccc(C(=O)ON2C(=O)c3ccccc3C2=O)o1. The number of benzene rings is 1. The fourth-order valence-electron chi connectivity index (χ4n) is 2.16. The van der Waals surface area contributed by atoms with Crippen molar-refractivity contribution < 1.29 is 32.1 Å². The van der Waals surface area contributed by atoms with Crippen molar-refractivity contribution in [2.24, 2.45) is 0 Å². The van der Waals surface area contributed by atoms with Crippen LogP contribution in [0, 0.1) is 0 Å². The van der Waals surface area contributed by atoms with E-state index in [2.05, 4.69) is 4.72 Å². The molecular weight excluding hydrogens is 352 g/mol. The van der Waals surface area contributed by atoms with E-state index in [0.717, 1.165) is 6.26 Å². The number of nitrogens with one attached hydrogen (secondary N) is 1. The van der Waals surface area contributed by atoms with Gasteiger partial charge in [-0.15, -0.1) is 0 Å². The molecule has 0 aliphatic carbocycles. The van der Waals surface area contributed by atoms with Gasteiger partial charge in [-0.05, 0) is 24.3 Å². The molecule has 9 nitrogen and oxygen atoms in total. The van der Waals surface area contributed by atoms with Crippen molar-refractivity contribution in [2.75, 3.05) is 6.26 Å². The molecule has 3 rings (SSSR count). The minimum Gasteiger partial charge on any atom is -0.453 e. The molecule has 130 valence electrons. The van der Waals surface area contributed by atoms with E-state index in [1.807, 2.05) is 0 Å². The molecule has 1 aliphatic rings. The van der Waals surface area contributed by atoms with E-state index in [1.54, 1.807) is 12.1 Å². The number of sulfonamides is 1. The van der Waals surface area contributed by atoms with Crippen LogP contribution in [-0.4, -0.2) is 37.5 Å². The van der Waals surface area contributed by atoms with E-state index >= 15 is 0 Å². The van der Waals surface area contributed by atoms with Crippen molar-refractivity contribution >= 4 is 27.8 Å². The first-order valence-electron chi connectivity index (χ1n) is 7.00. The number of fused-ring (bicyclic) bond motifs is 1. The molecule has 2 amide bonds. The maximum Gasteiger partial charge on any atom is 0.399 e. The predicted molar refractivity (Wildman–Crippen MR) is 82.7 cm³/mol. The highest BCUT2D eigenvalue weighted by atomic mass is 32.2. The first kappa shape index (κ1) is 16.9. The van der Waals surface area contributed by atoms with Crippen LogP contribution in [0.4, 0.5) is 0 Å². The minimum atomic E-state index is -3.42. The average molecular weight is 364 g/mol. The molecule has 1 N–H and O–H groups in total. The molecule has 1 aliphatic heterocycles. The number of hydrogen-bond donors (Lipinski definition) is 1. The lowest BCUT2D eigenvalue weighted by molar-refractivity contribution is -0.0603. The van der Waals surface area contributed by atoms with E-state index in [0.29, 0.717) is 5.06 Å². The Morgan fingerprint density at radius 2 is 1.72 bits per heavy atom. The average Bonchev–Trinajstić information content (AvgIpc) is 3.12. The Bertz CT molecular complexity index is 942. The van der Waals surface area contributed by atoms with Crippen LogP contribution in [0.25, 0.3) is 0 Å². The van der Waals surface area contributed by atoms with E-state index in [9.17, 15) is 22.8 Å². The van der Waals surface area contributed by atoms with Gasteiger partial charge in [0.05, 0.1) is 23.9 Å². The number of nitrogens with zero attached hydrogens (tertiary/aromatic N) is 1. The Labute approximate surface area is 142 Å². The second-order valence-electron chi connectivity index (χ2n) is 5.19. The molecule has 0 spiro atoms. The second-order valence-corrected chi connectivity index (χ2v) is 7.02. The van der Waals surface area contributed by atoms with Gasteiger partial charge < -0.3 is 9.25 Å². The summed E-state index contributed by atoms with van der Waals surface area (Å²) in [4.78, 5) is 41.1. The van der Waals surface area contributed by atoms with Crippen LogP contribution in [0.3, 0.4) is 0 Å². The van der Waals surface area contributed by atoms with Crippen LogP contribution in [-0.2, 0) is 21.4 Å². The summed E-state index contributed by atoms with van der Waals surface area (Å²) in [6, 6.07) is 8.69. The number of hydroxylamine groups is 2. The number of hydrogen-bond acceptors (Lipinski definition) is 7. The topological polar surface area (TPSA) is 123 Å². The third-order valence-corrected chi connectivity index (χ3v) is 3.97. The minimum absolute atomic E-state index is 0.137. The van der Waals surface area contributed by atoms with Crippen LogP contribution in [0.2, 0.25) is 0 Å². The first-order chi connectivity index (χ1) is 11.8. The molecule has 2 heterocycles. The second kappa shape index (κ2) is 6.15. The Morgan fingerprint density at radius 1 is 1.12 bits per heavy atom. The summed E-state index contributed by atoms with van der Waals surface area (Å²) in [7, 11) is -3.42. The van der Waals surface area contributed by atoms with Gasteiger partial charge in [0, 0.05) is 0 Å². The van der Waals surface area contributed by atoms with Gasteiger partial charge in [0.2, 0.25) is 15.8 Å². The highest BCUT2D eigenvalue weighted by molar-refractivity contribution is 7.88. The molecule has 0 bridgehead atoms. The smallest absolute Gasteiger partial charge is 0.399 e. The lowest BCUT2D eigenvalue weighted by atomic mass is 10.1. The zero-order valence-corrected chi connectivity index (χ0v) is 13.7. The Balaban J connectivity index is 1.71. The third kappa shape index (κ3) is 3.44. The lowest BCUT2D eigenvalue weighted by Gasteiger charge is -2.11. The van der Waals surface area contributed by atoms with E-state index < -0.39 is 27.8 Å². The zero-order valence-electron chi connectivity index (χ0n) is 12.9. The van der Waals surface area contributed by atoms with Gasteiger partial charge in [-0.1, -0.05) is 17.2 Å². The van der Waals surface area contributed by atoms with E-state index in [4.69, 9.17) is 9.25 Å². The lowest BCUT2D eigenvalue weighted by Crippen LogP contribution is -2.32. The van der Waals surface area contributed by atoms with Crippen LogP contribution in [0.1, 0.15) is 37.0 Å². The van der Waals surface area contributed by atoms with Crippen molar-refractivity contribution in [3.8, 4) is 0 Å². The normalized spacial score (nSPS) is 13.9. The van der Waals surface area contributed by atoms with Crippen molar-refractivity contribution in [1.29, 1.82) is 0 Å². The number of furan rings is 1. The highest BCUT2D eigenvalue weighted by Gasteiger charge is 2.39. The molecule has 0 unspecified atom stereocenters. The van der Waals surface area contributed by atoms with Crippen LogP contribution in [0.15, 0.2) is 40.8 Å². The van der Waals surface area contributed by atoms with E-state index in [1.165, 1.54) is 24.3 Å². The summed E-state index contributed by atoms with van der Waals surface area (Å²) >= 11 is 0. The fraction of sp³-hybridized carbons (Fsp3) is 0.133. The van der Waals surface area contributed by atoms with Gasteiger partial charge in [-0.3, -0.25) is 9.59 Å². The maximum absolute atomic E-state index is 12.1. The van der Waals surface area contributed by atoms with Gasteiger partial charge in [-0.2, -0.15) is 0 Å². The van der Waals surface area contributed by atoms with Gasteiger partial charge in [0.1, 0.15) is 5.76 Å². The van der Waals surface area contributed by atoms with E-state index in [-0.39, 0.29) is 29.2 Å². The molecule has 2 aromatic rings. The predicted octanol–water partition coefficient (Wildman–Crippen LogP) is 0.697. The molecule has 10 heteroatoms. The highest BCUT2D eigenvalue weighted by Crippen LogP contribution is 2.23. The quantitative estimate of drug-likeness (QED) is 0.775. The molecule has 1 aromatic carbocycles. The molecule has 0 atom stereocenters. The largest absolute Gasteiger partial charge is 0.453 e. The Hall–Kier alpha value is -2.98. The summed E-state index contributed by atoms with van der Waals surface area (Å²) in [5.74, 6) is -2.67. The van der Waals surface area contributed by atoms with Crippen molar-refractivity contribution in [1.82, 2.24) is 9.79 Å². The van der Waals surface area contributed by atoms with Gasteiger partial charge >= 0.3 is 5.97 Å². The monoisotopic (exact) mass is 364 g/mol. The number of carbonyl (C=O) groups is 3. The molecule has 0 radical (unpaired) electrons. The molecule has 25 heavy (non-hydrogen) atoms. The number of rotatable bonds is 5. The van der Waals surface area contributed by atoms with Gasteiger partial charge in [0.25, 0.3) is 11.8 Å². The maximum atomic E-state index is 12.1. The zero-order chi connectivity index (χ0) is 18.2. The standard InChI is InChI=1S/C15H12N2O7S/c1-25(21,22)16-8-9-6-7-12(23-9)15(20)24-17-13(18)10-4-2-3-5-11(10)14(17)19/h2-7,16H,8H2,1H3. The van der Waals surface area contributed by atoms with Crippen LogP contribution >= 0.6 is 0 Å². The van der Waals surface area contributed by atoms with Crippen LogP contribution < -0.4 is 4.72 Å². The van der Waals surface area contributed by atoms with Crippen molar-refractivity contribution in [3.05, 3.63) is 59.0 Å². The number of carbonyl (C=O) groups excluding carboxylic acids is 3. The van der Waals surface area contributed by atoms with Crippen molar-refractivity contribution in [3.63, 3.8) is 0 Å². The Morgan fingerprint density at radius 3 is 2.28 bits per heavy atom. The summed E-state index contributed by atoms with van der Waals surface area (Å²) in [6.07, 6.45) is 0.980. The summed E-state index contributed by atoms with van der Waals surface area (Å²) < 4.78 is 29.4. The van der Waals surface area contributed by atoms with Gasteiger partial charge in [0.15, 0.2) is 0 Å².